The number of carbonyl (C=O) groups is 2. The lowest BCUT2D eigenvalue weighted by Gasteiger charge is -2.13. The van der Waals surface area contributed by atoms with Crippen LogP contribution in [0.4, 0.5) is 5.00 Å². The molecule has 3 heterocycles. The number of thioether (sulfide) groups is 1. The predicted octanol–water partition coefficient (Wildman–Crippen LogP) is 7.18. The van der Waals surface area contributed by atoms with Gasteiger partial charge in [-0.05, 0) is 38.8 Å². The van der Waals surface area contributed by atoms with Crippen molar-refractivity contribution < 1.29 is 14.3 Å². The smallest absolute Gasteiger partial charge is 0.341 e. The lowest BCUT2D eigenvalue weighted by atomic mass is 10.0. The molecule has 10 heteroatoms. The van der Waals surface area contributed by atoms with Gasteiger partial charge in [-0.25, -0.2) is 4.79 Å². The largest absolute Gasteiger partial charge is 0.462 e. The van der Waals surface area contributed by atoms with Gasteiger partial charge in [-0.15, -0.1) is 32.9 Å². The van der Waals surface area contributed by atoms with Crippen LogP contribution in [0, 0.1) is 0 Å². The van der Waals surface area contributed by atoms with Crippen molar-refractivity contribution in [1.29, 1.82) is 0 Å². The average molecular weight is 555 g/mol. The van der Waals surface area contributed by atoms with Crippen LogP contribution in [0.25, 0.3) is 22.5 Å². The number of carbonyl (C=O) groups excluding carboxylic acids is 2. The first-order chi connectivity index (χ1) is 17.9. The summed E-state index contributed by atoms with van der Waals surface area (Å²) in [7, 11) is 0. The first-order valence-corrected chi connectivity index (χ1v) is 15.0. The van der Waals surface area contributed by atoms with Crippen LogP contribution in [0.3, 0.4) is 0 Å². The Kier molecular flexibility index (Phi) is 9.18. The number of hydrogen-bond donors (Lipinski definition) is 1. The Morgan fingerprint density at radius 2 is 1.86 bits per heavy atom. The molecule has 0 unspecified atom stereocenters. The first kappa shape index (κ1) is 27.1. The van der Waals surface area contributed by atoms with E-state index in [0.29, 0.717) is 15.7 Å². The molecule has 0 fully saturated rings. The Labute approximate surface area is 229 Å². The molecule has 0 aliphatic rings. The number of hydrogen-bond acceptors (Lipinski definition) is 8. The van der Waals surface area contributed by atoms with Gasteiger partial charge in [0, 0.05) is 32.8 Å². The van der Waals surface area contributed by atoms with E-state index >= 15 is 0 Å². The van der Waals surface area contributed by atoms with E-state index in [1.807, 2.05) is 35.7 Å². The van der Waals surface area contributed by atoms with Crippen LogP contribution < -0.4 is 5.32 Å². The molecule has 37 heavy (non-hydrogen) atoms. The molecule has 0 aliphatic heterocycles. The second kappa shape index (κ2) is 12.5. The molecule has 1 N–H and O–H groups in total. The predicted molar refractivity (Wildman–Crippen MR) is 153 cm³/mol. The lowest BCUT2D eigenvalue weighted by molar-refractivity contribution is -0.113. The number of anilines is 1. The number of aryl methyl sites for hydroxylation is 1. The van der Waals surface area contributed by atoms with Crippen molar-refractivity contribution >= 4 is 51.3 Å². The van der Waals surface area contributed by atoms with Gasteiger partial charge in [-0.2, -0.15) is 0 Å². The van der Waals surface area contributed by atoms with Gasteiger partial charge in [0.25, 0.3) is 0 Å². The Bertz CT molecular complexity index is 1360. The molecule has 0 saturated heterocycles. The molecule has 4 aromatic rings. The van der Waals surface area contributed by atoms with Gasteiger partial charge in [0.15, 0.2) is 11.0 Å². The normalized spacial score (nSPS) is 11.2. The van der Waals surface area contributed by atoms with Gasteiger partial charge in [0.2, 0.25) is 5.91 Å². The number of nitrogens with one attached hydrogen (secondary N) is 1. The van der Waals surface area contributed by atoms with E-state index in [4.69, 9.17) is 4.74 Å². The SMILES string of the molecule is CCCc1cc(-c2nnc(SCC(=O)Nc3scc(-c4ccccc4)c3C(=O)OCC)n2C(C)C)cs1. The highest BCUT2D eigenvalue weighted by molar-refractivity contribution is 7.99. The molecule has 194 valence electrons. The third kappa shape index (κ3) is 6.31. The number of aromatic nitrogens is 3. The molecular weight excluding hydrogens is 525 g/mol. The third-order valence-electron chi connectivity index (χ3n) is 5.53. The lowest BCUT2D eigenvalue weighted by Crippen LogP contribution is -2.17. The quantitative estimate of drug-likeness (QED) is 0.156. The molecule has 0 saturated carbocycles. The summed E-state index contributed by atoms with van der Waals surface area (Å²) < 4.78 is 7.36. The summed E-state index contributed by atoms with van der Waals surface area (Å²) in [6, 6.07) is 11.9. The molecule has 7 nitrogen and oxygen atoms in total. The fourth-order valence-corrected chi connectivity index (χ4v) is 6.70. The van der Waals surface area contributed by atoms with Crippen LogP contribution in [0.15, 0.2) is 52.3 Å². The van der Waals surface area contributed by atoms with Gasteiger partial charge in [0.1, 0.15) is 10.6 Å². The van der Waals surface area contributed by atoms with Gasteiger partial charge in [-0.1, -0.05) is 55.4 Å². The molecule has 3 aromatic heterocycles. The van der Waals surface area contributed by atoms with E-state index in [0.717, 1.165) is 35.4 Å². The molecule has 1 amide bonds. The summed E-state index contributed by atoms with van der Waals surface area (Å²) in [5, 5.41) is 16.9. The third-order valence-corrected chi connectivity index (χ3v) is 8.37. The van der Waals surface area contributed by atoms with Crippen LogP contribution in [0.5, 0.6) is 0 Å². The Morgan fingerprint density at radius 1 is 1.08 bits per heavy atom. The van der Waals surface area contributed by atoms with E-state index in [1.54, 1.807) is 18.3 Å². The van der Waals surface area contributed by atoms with Crippen molar-refractivity contribution in [1.82, 2.24) is 14.8 Å². The number of esters is 1. The Balaban J connectivity index is 1.51. The Hall–Kier alpha value is -2.95. The van der Waals surface area contributed by atoms with Gasteiger partial charge in [-0.3, -0.25) is 9.36 Å². The van der Waals surface area contributed by atoms with Crippen LogP contribution >= 0.6 is 34.4 Å². The summed E-state index contributed by atoms with van der Waals surface area (Å²) in [4.78, 5) is 27.1. The maximum atomic E-state index is 13.0. The zero-order valence-corrected chi connectivity index (χ0v) is 23.8. The fourth-order valence-electron chi connectivity index (χ4n) is 3.89. The summed E-state index contributed by atoms with van der Waals surface area (Å²) in [6.07, 6.45) is 2.15. The van der Waals surface area contributed by atoms with E-state index in [2.05, 4.69) is 52.3 Å². The minimum Gasteiger partial charge on any atom is -0.462 e. The Morgan fingerprint density at radius 3 is 2.57 bits per heavy atom. The van der Waals surface area contributed by atoms with Crippen LogP contribution in [-0.2, 0) is 16.0 Å². The van der Waals surface area contributed by atoms with E-state index in [1.165, 1.54) is 28.0 Å². The minimum atomic E-state index is -0.451. The van der Waals surface area contributed by atoms with Crippen molar-refractivity contribution in [3.8, 4) is 22.5 Å². The number of benzene rings is 1. The zero-order valence-electron chi connectivity index (χ0n) is 21.3. The van der Waals surface area contributed by atoms with E-state index < -0.39 is 5.97 Å². The monoisotopic (exact) mass is 554 g/mol. The van der Waals surface area contributed by atoms with Gasteiger partial charge < -0.3 is 10.1 Å². The van der Waals surface area contributed by atoms with Gasteiger partial charge in [0.05, 0.1) is 12.4 Å². The highest BCUT2D eigenvalue weighted by atomic mass is 32.2. The summed E-state index contributed by atoms with van der Waals surface area (Å²) in [5.74, 6) is 0.272. The van der Waals surface area contributed by atoms with E-state index in [9.17, 15) is 9.59 Å². The molecular formula is C27H30N4O3S3. The minimum absolute atomic E-state index is 0.131. The highest BCUT2D eigenvalue weighted by Gasteiger charge is 2.24. The molecule has 0 radical (unpaired) electrons. The molecule has 0 aliphatic carbocycles. The average Bonchev–Trinajstić information content (AvgIpc) is 3.62. The van der Waals surface area contributed by atoms with Crippen molar-refractivity contribution in [3.05, 3.63) is 57.6 Å². The number of amides is 1. The second-order valence-corrected chi connectivity index (χ2v) is 11.4. The zero-order chi connectivity index (χ0) is 26.4. The maximum absolute atomic E-state index is 13.0. The standard InChI is InChI=1S/C27H30N4O3S3/c1-5-10-20-13-19(14-35-20)24-29-30-27(31(24)17(3)4)37-16-22(32)28-25-23(26(33)34-6-2)21(15-36-25)18-11-8-7-9-12-18/h7-9,11-15,17H,5-6,10,16H2,1-4H3,(H,28,32). The number of rotatable bonds is 11. The second-order valence-electron chi connectivity index (χ2n) is 8.60. The van der Waals surface area contributed by atoms with E-state index in [-0.39, 0.29) is 24.3 Å². The molecule has 1 aromatic carbocycles. The molecule has 0 spiro atoms. The maximum Gasteiger partial charge on any atom is 0.341 e. The van der Waals surface area contributed by atoms with Crippen molar-refractivity contribution in [2.45, 2.75) is 51.7 Å². The summed E-state index contributed by atoms with van der Waals surface area (Å²) >= 11 is 4.39. The van der Waals surface area contributed by atoms with Crippen molar-refractivity contribution in [2.24, 2.45) is 0 Å². The molecule has 0 atom stereocenters. The number of nitrogens with zero attached hydrogens (tertiary/aromatic N) is 3. The topological polar surface area (TPSA) is 86.1 Å². The first-order valence-electron chi connectivity index (χ1n) is 12.2. The highest BCUT2D eigenvalue weighted by Crippen LogP contribution is 2.37. The number of ether oxygens (including phenoxy) is 1. The number of thiophene rings is 2. The summed E-state index contributed by atoms with van der Waals surface area (Å²) in [6.45, 7) is 8.35. The van der Waals surface area contributed by atoms with Crippen molar-refractivity contribution in [2.75, 3.05) is 17.7 Å². The summed E-state index contributed by atoms with van der Waals surface area (Å²) in [5.41, 5.74) is 3.07. The molecule has 4 rings (SSSR count). The van der Waals surface area contributed by atoms with Gasteiger partial charge >= 0.3 is 5.97 Å². The van der Waals surface area contributed by atoms with Crippen molar-refractivity contribution in [3.63, 3.8) is 0 Å². The molecule has 0 bridgehead atoms. The van der Waals surface area contributed by atoms with Crippen LogP contribution in [-0.4, -0.2) is 39.0 Å². The van der Waals surface area contributed by atoms with Crippen LogP contribution in [0.1, 0.15) is 55.4 Å². The van der Waals surface area contributed by atoms with Crippen LogP contribution in [0.2, 0.25) is 0 Å². The fraction of sp³-hybridized carbons (Fsp3) is 0.333.